The third kappa shape index (κ3) is 3.98. The number of likely N-dealkylation sites (N-methyl/N-ethyl adjacent to an activating group) is 1. The zero-order chi connectivity index (χ0) is 13.4. The van der Waals surface area contributed by atoms with Crippen molar-refractivity contribution in [1.82, 2.24) is 10.2 Å². The Morgan fingerprint density at radius 3 is 2.67 bits per heavy atom. The first-order valence-electron chi connectivity index (χ1n) is 5.98. The number of carboxylic acids is 1. The Labute approximate surface area is 108 Å². The molecule has 1 unspecified atom stereocenters. The molecule has 0 fully saturated rings. The second kappa shape index (κ2) is 7.63. The lowest BCUT2D eigenvalue weighted by molar-refractivity contribution is -0.143. The number of hydrogen-bond acceptors (Lipinski definition) is 3. The van der Waals surface area contributed by atoms with E-state index in [1.807, 2.05) is 42.3 Å². The zero-order valence-electron chi connectivity index (χ0n) is 10.7. The highest BCUT2D eigenvalue weighted by Gasteiger charge is 2.25. The average molecular weight is 248 g/mol. The number of carbonyl (C=O) groups is 1. The summed E-state index contributed by atoms with van der Waals surface area (Å²) >= 11 is 0. The van der Waals surface area contributed by atoms with Crippen LogP contribution in [0.2, 0.25) is 0 Å². The molecule has 0 heterocycles. The molecular weight excluding hydrogens is 228 g/mol. The molecule has 0 saturated heterocycles. The van der Waals surface area contributed by atoms with Crippen LogP contribution < -0.4 is 5.32 Å². The molecule has 1 aromatic rings. The summed E-state index contributed by atoms with van der Waals surface area (Å²) < 4.78 is 0. The number of nitrogens with one attached hydrogen (secondary N) is 1. The minimum atomic E-state index is -0.834. The molecule has 18 heavy (non-hydrogen) atoms. The first kappa shape index (κ1) is 14.4. The van der Waals surface area contributed by atoms with E-state index in [1.165, 1.54) is 0 Å². The normalized spacial score (nSPS) is 12.3. The van der Waals surface area contributed by atoms with Gasteiger partial charge in [0.2, 0.25) is 0 Å². The molecule has 4 heteroatoms. The molecule has 0 spiro atoms. The van der Waals surface area contributed by atoms with Crippen LogP contribution in [0.5, 0.6) is 0 Å². The van der Waals surface area contributed by atoms with E-state index in [4.69, 9.17) is 0 Å². The van der Waals surface area contributed by atoms with Crippen molar-refractivity contribution in [2.24, 2.45) is 0 Å². The topological polar surface area (TPSA) is 52.6 Å². The van der Waals surface area contributed by atoms with Crippen molar-refractivity contribution in [2.75, 3.05) is 26.7 Å². The summed E-state index contributed by atoms with van der Waals surface area (Å²) in [5, 5.41) is 12.5. The van der Waals surface area contributed by atoms with E-state index >= 15 is 0 Å². The Morgan fingerprint density at radius 2 is 2.17 bits per heavy atom. The smallest absolute Gasteiger partial charge is 0.325 e. The minimum Gasteiger partial charge on any atom is -0.480 e. The summed E-state index contributed by atoms with van der Waals surface area (Å²) in [6.45, 7) is 5.64. The largest absolute Gasteiger partial charge is 0.480 e. The number of benzene rings is 1. The lowest BCUT2D eigenvalue weighted by Crippen LogP contribution is -2.38. The SMILES string of the molecule is C=CCN(CCNC)C(C(=O)O)c1ccccc1. The van der Waals surface area contributed by atoms with Gasteiger partial charge in [0.05, 0.1) is 0 Å². The predicted octanol–water partition coefficient (Wildman–Crippen LogP) is 1.52. The van der Waals surface area contributed by atoms with Gasteiger partial charge >= 0.3 is 5.97 Å². The third-order valence-electron chi connectivity index (χ3n) is 2.73. The quantitative estimate of drug-likeness (QED) is 0.685. The maximum Gasteiger partial charge on any atom is 0.325 e. The molecule has 4 nitrogen and oxygen atoms in total. The van der Waals surface area contributed by atoms with Crippen LogP contribution >= 0.6 is 0 Å². The Balaban J connectivity index is 2.93. The monoisotopic (exact) mass is 248 g/mol. The summed E-state index contributed by atoms with van der Waals surface area (Å²) in [6.07, 6.45) is 1.73. The molecule has 98 valence electrons. The summed E-state index contributed by atoms with van der Waals surface area (Å²) in [6, 6.07) is 8.65. The van der Waals surface area contributed by atoms with Crippen molar-refractivity contribution in [3.05, 3.63) is 48.6 Å². The Morgan fingerprint density at radius 1 is 1.50 bits per heavy atom. The number of hydrogen-bond donors (Lipinski definition) is 2. The Hall–Kier alpha value is -1.65. The van der Waals surface area contributed by atoms with Gasteiger partial charge in [0, 0.05) is 19.6 Å². The van der Waals surface area contributed by atoms with Crippen LogP contribution in [-0.2, 0) is 4.79 Å². The fraction of sp³-hybridized carbons (Fsp3) is 0.357. The fourth-order valence-electron chi connectivity index (χ4n) is 1.89. The highest BCUT2D eigenvalue weighted by molar-refractivity contribution is 5.75. The number of rotatable bonds is 8. The van der Waals surface area contributed by atoms with E-state index in [2.05, 4.69) is 11.9 Å². The van der Waals surface area contributed by atoms with E-state index in [0.717, 1.165) is 12.1 Å². The lowest BCUT2D eigenvalue weighted by Gasteiger charge is -2.27. The van der Waals surface area contributed by atoms with Crippen molar-refractivity contribution in [3.63, 3.8) is 0 Å². The van der Waals surface area contributed by atoms with E-state index in [0.29, 0.717) is 13.1 Å². The molecule has 0 aliphatic rings. The van der Waals surface area contributed by atoms with Crippen LogP contribution in [0.15, 0.2) is 43.0 Å². The second-order valence-electron chi connectivity index (χ2n) is 4.04. The van der Waals surface area contributed by atoms with Crippen LogP contribution in [-0.4, -0.2) is 42.7 Å². The Bertz CT molecular complexity index is 379. The van der Waals surface area contributed by atoms with Crippen LogP contribution in [0.3, 0.4) is 0 Å². The highest BCUT2D eigenvalue weighted by atomic mass is 16.4. The van der Waals surface area contributed by atoms with Crippen molar-refractivity contribution < 1.29 is 9.90 Å². The molecule has 0 aromatic heterocycles. The number of aliphatic carboxylic acids is 1. The van der Waals surface area contributed by atoms with E-state index in [-0.39, 0.29) is 0 Å². The van der Waals surface area contributed by atoms with Crippen LogP contribution in [0.4, 0.5) is 0 Å². The molecule has 2 N–H and O–H groups in total. The van der Waals surface area contributed by atoms with Gasteiger partial charge in [-0.3, -0.25) is 9.69 Å². The van der Waals surface area contributed by atoms with Gasteiger partial charge in [-0.2, -0.15) is 0 Å². The number of carboxylic acid groups (broad SMARTS) is 1. The van der Waals surface area contributed by atoms with E-state index < -0.39 is 12.0 Å². The summed E-state index contributed by atoms with van der Waals surface area (Å²) in [4.78, 5) is 13.4. The van der Waals surface area contributed by atoms with Gasteiger partial charge in [0.15, 0.2) is 0 Å². The molecule has 0 amide bonds. The van der Waals surface area contributed by atoms with Gasteiger partial charge in [-0.25, -0.2) is 0 Å². The van der Waals surface area contributed by atoms with Gasteiger partial charge in [-0.15, -0.1) is 6.58 Å². The molecule has 1 aromatic carbocycles. The summed E-state index contributed by atoms with van der Waals surface area (Å²) in [5.41, 5.74) is 0.794. The Kier molecular flexibility index (Phi) is 6.11. The predicted molar refractivity (Wildman–Crippen MR) is 72.5 cm³/mol. The van der Waals surface area contributed by atoms with Crippen LogP contribution in [0.1, 0.15) is 11.6 Å². The van der Waals surface area contributed by atoms with E-state index in [1.54, 1.807) is 6.08 Å². The van der Waals surface area contributed by atoms with Crippen LogP contribution in [0.25, 0.3) is 0 Å². The molecule has 0 radical (unpaired) electrons. The van der Waals surface area contributed by atoms with Gasteiger partial charge < -0.3 is 10.4 Å². The molecule has 1 rings (SSSR count). The van der Waals surface area contributed by atoms with Gasteiger partial charge in [-0.05, 0) is 12.6 Å². The highest BCUT2D eigenvalue weighted by Crippen LogP contribution is 2.20. The lowest BCUT2D eigenvalue weighted by atomic mass is 10.1. The third-order valence-corrected chi connectivity index (χ3v) is 2.73. The first-order chi connectivity index (χ1) is 8.70. The molecule has 0 saturated carbocycles. The minimum absolute atomic E-state index is 0.549. The van der Waals surface area contributed by atoms with Gasteiger partial charge in [0.25, 0.3) is 0 Å². The van der Waals surface area contributed by atoms with Crippen molar-refractivity contribution in [3.8, 4) is 0 Å². The van der Waals surface area contributed by atoms with Crippen LogP contribution in [0, 0.1) is 0 Å². The average Bonchev–Trinajstić information content (AvgIpc) is 2.37. The summed E-state index contributed by atoms with van der Waals surface area (Å²) in [7, 11) is 1.85. The molecule has 0 bridgehead atoms. The standard InChI is InChI=1S/C14H20N2O2/c1-3-10-16(11-9-15-2)13(14(17)18)12-7-5-4-6-8-12/h3-8,13,15H,1,9-11H2,2H3,(H,17,18). The molecule has 0 aliphatic carbocycles. The maximum atomic E-state index is 11.5. The number of nitrogens with zero attached hydrogens (tertiary/aromatic N) is 1. The molecule has 1 atom stereocenters. The maximum absolute atomic E-state index is 11.5. The van der Waals surface area contributed by atoms with Crippen molar-refractivity contribution >= 4 is 5.97 Å². The molecule has 0 aliphatic heterocycles. The van der Waals surface area contributed by atoms with Gasteiger partial charge in [0.1, 0.15) is 6.04 Å². The first-order valence-corrected chi connectivity index (χ1v) is 5.98. The fourth-order valence-corrected chi connectivity index (χ4v) is 1.89. The van der Waals surface area contributed by atoms with Crippen molar-refractivity contribution in [2.45, 2.75) is 6.04 Å². The van der Waals surface area contributed by atoms with E-state index in [9.17, 15) is 9.90 Å². The zero-order valence-corrected chi connectivity index (χ0v) is 10.7. The van der Waals surface area contributed by atoms with Crippen molar-refractivity contribution in [1.29, 1.82) is 0 Å². The summed E-state index contributed by atoms with van der Waals surface area (Å²) in [5.74, 6) is -0.834. The molecular formula is C14H20N2O2. The second-order valence-corrected chi connectivity index (χ2v) is 4.04. The van der Waals surface area contributed by atoms with Gasteiger partial charge in [-0.1, -0.05) is 36.4 Å².